The molecule has 0 aliphatic rings. The summed E-state index contributed by atoms with van der Waals surface area (Å²) >= 11 is 5.68. The molecule has 0 fully saturated rings. The van der Waals surface area contributed by atoms with Gasteiger partial charge in [0, 0.05) is 11.6 Å². The molecule has 0 unspecified atom stereocenters. The van der Waals surface area contributed by atoms with Gasteiger partial charge in [0.2, 0.25) is 0 Å². The monoisotopic (exact) mass is 353 g/mol. The fourth-order valence-corrected chi connectivity index (χ4v) is 2.08. The largest absolute Gasteiger partial charge is 0.452 e. The smallest absolute Gasteiger partial charge is 0.341 e. The standard InChI is InChI=1S/C17H14ClF2NO3/c18-12-3-6-15(20)14(9-12)17(23)24-10-16(22)21-8-7-11-1-4-13(19)5-2-11/h1-6,9H,7-8,10H2,(H,21,22). The molecular formula is C17H14ClF2NO3. The second-order valence-electron chi connectivity index (χ2n) is 4.93. The van der Waals surface area contributed by atoms with Crippen LogP contribution >= 0.6 is 11.6 Å². The molecule has 2 aromatic rings. The van der Waals surface area contributed by atoms with Gasteiger partial charge in [-0.05, 0) is 42.3 Å². The first-order valence-electron chi connectivity index (χ1n) is 7.09. The Hall–Kier alpha value is -2.47. The Balaban J connectivity index is 1.75. The second kappa shape index (κ2) is 8.40. The van der Waals surface area contributed by atoms with Crippen LogP contribution in [-0.4, -0.2) is 25.0 Å². The Morgan fingerprint density at radius 3 is 2.50 bits per heavy atom. The molecule has 4 nitrogen and oxygen atoms in total. The summed E-state index contributed by atoms with van der Waals surface area (Å²) < 4.78 is 31.0. The summed E-state index contributed by atoms with van der Waals surface area (Å²) in [5, 5.41) is 2.74. The fraction of sp³-hybridized carbons (Fsp3) is 0.176. The third-order valence-corrected chi connectivity index (χ3v) is 3.37. The first-order valence-corrected chi connectivity index (χ1v) is 7.47. The lowest BCUT2D eigenvalue weighted by Crippen LogP contribution is -2.30. The van der Waals surface area contributed by atoms with Gasteiger partial charge in [0.25, 0.3) is 5.91 Å². The van der Waals surface area contributed by atoms with E-state index in [1.165, 1.54) is 18.2 Å². The Morgan fingerprint density at radius 2 is 1.79 bits per heavy atom. The normalized spacial score (nSPS) is 10.3. The molecule has 0 aliphatic heterocycles. The number of carbonyl (C=O) groups is 2. The first-order chi connectivity index (χ1) is 11.5. The summed E-state index contributed by atoms with van der Waals surface area (Å²) in [6.07, 6.45) is 0.503. The second-order valence-corrected chi connectivity index (χ2v) is 5.36. The SMILES string of the molecule is O=C(COC(=O)c1cc(Cl)ccc1F)NCCc1ccc(F)cc1. The van der Waals surface area contributed by atoms with Crippen molar-refractivity contribution in [3.63, 3.8) is 0 Å². The Morgan fingerprint density at radius 1 is 1.08 bits per heavy atom. The van der Waals surface area contributed by atoms with E-state index >= 15 is 0 Å². The lowest BCUT2D eigenvalue weighted by molar-refractivity contribution is -0.124. The molecule has 0 saturated heterocycles. The van der Waals surface area contributed by atoms with Gasteiger partial charge in [-0.15, -0.1) is 0 Å². The molecule has 0 heterocycles. The van der Waals surface area contributed by atoms with E-state index in [1.54, 1.807) is 12.1 Å². The maximum Gasteiger partial charge on any atom is 0.341 e. The van der Waals surface area contributed by atoms with Crippen molar-refractivity contribution in [2.45, 2.75) is 6.42 Å². The minimum Gasteiger partial charge on any atom is -0.452 e. The number of esters is 1. The average molecular weight is 354 g/mol. The van der Waals surface area contributed by atoms with E-state index in [0.717, 1.165) is 17.7 Å². The van der Waals surface area contributed by atoms with Crippen LogP contribution in [0, 0.1) is 11.6 Å². The van der Waals surface area contributed by atoms with Crippen molar-refractivity contribution in [2.75, 3.05) is 13.2 Å². The van der Waals surface area contributed by atoms with E-state index in [1.807, 2.05) is 0 Å². The number of amides is 1. The fourth-order valence-electron chi connectivity index (χ4n) is 1.91. The van der Waals surface area contributed by atoms with Crippen LogP contribution in [0.25, 0.3) is 0 Å². The summed E-state index contributed by atoms with van der Waals surface area (Å²) in [6, 6.07) is 9.37. The number of ether oxygens (including phenoxy) is 1. The van der Waals surface area contributed by atoms with E-state index in [9.17, 15) is 18.4 Å². The van der Waals surface area contributed by atoms with Crippen molar-refractivity contribution in [3.8, 4) is 0 Å². The van der Waals surface area contributed by atoms with Gasteiger partial charge in [0.15, 0.2) is 6.61 Å². The molecule has 0 aromatic heterocycles. The van der Waals surface area contributed by atoms with Crippen LogP contribution in [0.5, 0.6) is 0 Å². The molecule has 126 valence electrons. The lowest BCUT2D eigenvalue weighted by atomic mass is 10.1. The molecule has 1 amide bonds. The van der Waals surface area contributed by atoms with Gasteiger partial charge in [0.05, 0.1) is 5.56 Å². The van der Waals surface area contributed by atoms with E-state index in [0.29, 0.717) is 13.0 Å². The van der Waals surface area contributed by atoms with Crippen LogP contribution in [0.15, 0.2) is 42.5 Å². The minimum absolute atomic E-state index is 0.187. The van der Waals surface area contributed by atoms with Crippen molar-refractivity contribution in [2.24, 2.45) is 0 Å². The molecule has 7 heteroatoms. The summed E-state index contributed by atoms with van der Waals surface area (Å²) in [5.74, 6) is -2.60. The summed E-state index contributed by atoms with van der Waals surface area (Å²) in [7, 11) is 0. The molecule has 0 saturated carbocycles. The van der Waals surface area contributed by atoms with Gasteiger partial charge >= 0.3 is 5.97 Å². The Kier molecular flexibility index (Phi) is 6.26. The van der Waals surface area contributed by atoms with Gasteiger partial charge in [-0.3, -0.25) is 4.79 Å². The zero-order valence-electron chi connectivity index (χ0n) is 12.5. The van der Waals surface area contributed by atoms with Gasteiger partial charge < -0.3 is 10.1 Å². The zero-order chi connectivity index (χ0) is 17.5. The highest BCUT2D eigenvalue weighted by Crippen LogP contribution is 2.15. The van der Waals surface area contributed by atoms with Gasteiger partial charge in [-0.25, -0.2) is 13.6 Å². The maximum absolute atomic E-state index is 13.5. The van der Waals surface area contributed by atoms with E-state index in [4.69, 9.17) is 16.3 Å². The maximum atomic E-state index is 13.5. The number of hydrogen-bond donors (Lipinski definition) is 1. The predicted molar refractivity (Wildman–Crippen MR) is 84.8 cm³/mol. The third-order valence-electron chi connectivity index (χ3n) is 3.13. The molecule has 2 rings (SSSR count). The number of carbonyl (C=O) groups excluding carboxylic acids is 2. The lowest BCUT2D eigenvalue weighted by Gasteiger charge is -2.07. The van der Waals surface area contributed by atoms with Crippen LogP contribution in [0.4, 0.5) is 8.78 Å². The molecule has 0 bridgehead atoms. The summed E-state index contributed by atoms with van der Waals surface area (Å²) in [6.45, 7) is -0.234. The van der Waals surface area contributed by atoms with Gasteiger partial charge in [0.1, 0.15) is 11.6 Å². The molecule has 0 aliphatic carbocycles. The number of halogens is 3. The highest BCUT2D eigenvalue weighted by molar-refractivity contribution is 6.30. The molecule has 0 atom stereocenters. The number of rotatable bonds is 6. The van der Waals surface area contributed by atoms with E-state index in [2.05, 4.69) is 5.32 Å². The van der Waals surface area contributed by atoms with Gasteiger partial charge in [-0.1, -0.05) is 23.7 Å². The molecule has 2 aromatic carbocycles. The summed E-state index contributed by atoms with van der Waals surface area (Å²) in [5.41, 5.74) is 0.524. The van der Waals surface area contributed by atoms with Crippen molar-refractivity contribution in [3.05, 3.63) is 70.2 Å². The zero-order valence-corrected chi connectivity index (χ0v) is 13.3. The minimum atomic E-state index is -0.969. The van der Waals surface area contributed by atoms with Gasteiger partial charge in [-0.2, -0.15) is 0 Å². The highest BCUT2D eigenvalue weighted by Gasteiger charge is 2.15. The first kappa shape index (κ1) is 17.9. The molecule has 0 spiro atoms. The molecule has 24 heavy (non-hydrogen) atoms. The van der Waals surface area contributed by atoms with E-state index < -0.39 is 24.3 Å². The van der Waals surface area contributed by atoms with Crippen LogP contribution in [0.1, 0.15) is 15.9 Å². The average Bonchev–Trinajstić information content (AvgIpc) is 2.56. The number of nitrogens with one attached hydrogen (secondary N) is 1. The third kappa shape index (κ3) is 5.31. The van der Waals surface area contributed by atoms with Crippen molar-refractivity contribution in [1.29, 1.82) is 0 Å². The summed E-state index contributed by atoms with van der Waals surface area (Å²) in [4.78, 5) is 23.3. The Bertz CT molecular complexity index is 735. The molecule has 1 N–H and O–H groups in total. The van der Waals surface area contributed by atoms with Crippen LogP contribution in [0.3, 0.4) is 0 Å². The number of hydrogen-bond acceptors (Lipinski definition) is 3. The van der Waals surface area contributed by atoms with Crippen LogP contribution < -0.4 is 5.32 Å². The topological polar surface area (TPSA) is 55.4 Å². The molecular weight excluding hydrogens is 340 g/mol. The highest BCUT2D eigenvalue weighted by atomic mass is 35.5. The quantitative estimate of drug-likeness (QED) is 0.812. The van der Waals surface area contributed by atoms with Crippen LogP contribution in [0.2, 0.25) is 5.02 Å². The predicted octanol–water partition coefficient (Wildman–Crippen LogP) is 3.13. The van der Waals surface area contributed by atoms with Crippen LogP contribution in [-0.2, 0) is 16.0 Å². The van der Waals surface area contributed by atoms with Crippen molar-refractivity contribution in [1.82, 2.24) is 5.32 Å². The van der Waals surface area contributed by atoms with Crippen molar-refractivity contribution >= 4 is 23.5 Å². The molecule has 0 radical (unpaired) electrons. The Labute approximate surface area is 142 Å². The van der Waals surface area contributed by atoms with Crippen molar-refractivity contribution < 1.29 is 23.1 Å². The number of benzene rings is 2. The van der Waals surface area contributed by atoms with E-state index in [-0.39, 0.29) is 16.4 Å².